The van der Waals surface area contributed by atoms with Crippen molar-refractivity contribution in [3.8, 4) is 0 Å². The van der Waals surface area contributed by atoms with E-state index in [-0.39, 0.29) is 36.7 Å². The van der Waals surface area contributed by atoms with Crippen molar-refractivity contribution in [2.24, 2.45) is 0 Å². The number of nitrogens with one attached hydrogen (secondary N) is 2. The van der Waals surface area contributed by atoms with Crippen LogP contribution in [0.4, 0.5) is 8.78 Å². The number of rotatable bonds is 4. The summed E-state index contributed by atoms with van der Waals surface area (Å²) in [5.41, 5.74) is 1.46. The number of benzene rings is 2. The first-order valence-corrected chi connectivity index (χ1v) is 8.61. The Bertz CT molecular complexity index is 773. The molecular weight excluding hydrogens is 381 g/mol. The molecule has 1 saturated heterocycles. The molecule has 26 heavy (non-hydrogen) atoms. The molecule has 3 rings (SSSR count). The average Bonchev–Trinajstić information content (AvgIpc) is 2.60. The Morgan fingerprint density at radius 1 is 1.19 bits per heavy atom. The quantitative estimate of drug-likeness (QED) is 0.818. The third-order valence-corrected chi connectivity index (χ3v) is 4.88. The topological polar surface area (TPSA) is 41.1 Å². The normalized spacial score (nSPS) is 19.5. The van der Waals surface area contributed by atoms with Crippen LogP contribution in [0, 0.1) is 11.6 Å². The summed E-state index contributed by atoms with van der Waals surface area (Å²) in [6.07, 6.45) is 0.919. The third-order valence-electron chi connectivity index (χ3n) is 4.51. The molecule has 1 heterocycles. The maximum Gasteiger partial charge on any atom is 0.224 e. The molecule has 2 N–H and O–H groups in total. The molecule has 0 saturated carbocycles. The van der Waals surface area contributed by atoms with Gasteiger partial charge in [0.05, 0.1) is 6.42 Å². The van der Waals surface area contributed by atoms with Crippen LogP contribution in [0.25, 0.3) is 0 Å². The Hall–Kier alpha value is -1.69. The van der Waals surface area contributed by atoms with Gasteiger partial charge in [-0.2, -0.15) is 0 Å². The van der Waals surface area contributed by atoms with Gasteiger partial charge in [0.1, 0.15) is 0 Å². The van der Waals surface area contributed by atoms with Crippen LogP contribution in [-0.4, -0.2) is 25.0 Å². The molecule has 1 aliphatic heterocycles. The van der Waals surface area contributed by atoms with E-state index in [1.807, 2.05) is 18.2 Å². The number of carbonyl (C=O) groups excluding carboxylic acids is 1. The zero-order chi connectivity index (χ0) is 17.8. The molecule has 0 radical (unpaired) electrons. The van der Waals surface area contributed by atoms with Crippen LogP contribution >= 0.6 is 24.0 Å². The van der Waals surface area contributed by atoms with Crippen molar-refractivity contribution >= 4 is 29.9 Å². The van der Waals surface area contributed by atoms with E-state index in [1.165, 1.54) is 6.07 Å². The van der Waals surface area contributed by atoms with Gasteiger partial charge in [0, 0.05) is 23.5 Å². The Balaban J connectivity index is 0.00000243. The Morgan fingerprint density at radius 2 is 1.96 bits per heavy atom. The summed E-state index contributed by atoms with van der Waals surface area (Å²) in [5, 5.41) is 6.79. The highest BCUT2D eigenvalue weighted by molar-refractivity contribution is 6.31. The highest BCUT2D eigenvalue weighted by Gasteiger charge is 2.28. The first-order valence-electron chi connectivity index (χ1n) is 8.23. The lowest BCUT2D eigenvalue weighted by Gasteiger charge is -2.33. The highest BCUT2D eigenvalue weighted by Crippen LogP contribution is 2.27. The van der Waals surface area contributed by atoms with Crippen molar-refractivity contribution in [3.63, 3.8) is 0 Å². The number of halogens is 4. The molecule has 0 aromatic heterocycles. The zero-order valence-corrected chi connectivity index (χ0v) is 15.5. The van der Waals surface area contributed by atoms with Crippen molar-refractivity contribution in [1.29, 1.82) is 0 Å². The lowest BCUT2D eigenvalue weighted by atomic mass is 9.86. The lowest BCUT2D eigenvalue weighted by Crippen LogP contribution is -2.50. The molecule has 1 aliphatic rings. The van der Waals surface area contributed by atoms with E-state index < -0.39 is 11.6 Å². The molecule has 2 aromatic carbocycles. The molecule has 2 unspecified atom stereocenters. The van der Waals surface area contributed by atoms with Crippen molar-refractivity contribution in [2.75, 3.05) is 13.1 Å². The zero-order valence-electron chi connectivity index (χ0n) is 14.0. The second-order valence-electron chi connectivity index (χ2n) is 6.22. The molecule has 2 aromatic rings. The number of hydrogen-bond acceptors (Lipinski definition) is 2. The fourth-order valence-corrected chi connectivity index (χ4v) is 3.43. The van der Waals surface area contributed by atoms with Gasteiger partial charge in [-0.05, 0) is 42.3 Å². The Morgan fingerprint density at radius 3 is 2.69 bits per heavy atom. The van der Waals surface area contributed by atoms with Gasteiger partial charge in [0.25, 0.3) is 0 Å². The van der Waals surface area contributed by atoms with Crippen molar-refractivity contribution in [2.45, 2.75) is 24.8 Å². The van der Waals surface area contributed by atoms with Crippen molar-refractivity contribution in [1.82, 2.24) is 10.6 Å². The molecule has 2 atom stereocenters. The molecule has 0 aliphatic carbocycles. The summed E-state index contributed by atoms with van der Waals surface area (Å²) in [5.74, 6) is -1.94. The van der Waals surface area contributed by atoms with Gasteiger partial charge in [-0.1, -0.05) is 35.9 Å². The summed E-state index contributed by atoms with van der Waals surface area (Å²) in [6, 6.07) is 11.0. The summed E-state index contributed by atoms with van der Waals surface area (Å²) in [4.78, 5) is 12.4. The van der Waals surface area contributed by atoms with Gasteiger partial charge in [-0.15, -0.1) is 12.4 Å². The van der Waals surface area contributed by atoms with Crippen LogP contribution in [0.2, 0.25) is 5.02 Å². The predicted molar refractivity (Wildman–Crippen MR) is 101 cm³/mol. The second-order valence-corrected chi connectivity index (χ2v) is 6.62. The first kappa shape index (κ1) is 20.6. The minimum atomic E-state index is -0.864. The van der Waals surface area contributed by atoms with E-state index in [9.17, 15) is 13.6 Å². The van der Waals surface area contributed by atoms with Crippen LogP contribution < -0.4 is 10.6 Å². The van der Waals surface area contributed by atoms with Gasteiger partial charge < -0.3 is 10.6 Å². The molecular formula is C19H20Cl2F2N2O. The van der Waals surface area contributed by atoms with E-state index in [1.54, 1.807) is 12.1 Å². The smallest absolute Gasteiger partial charge is 0.224 e. The number of piperidine rings is 1. The summed E-state index contributed by atoms with van der Waals surface area (Å²) >= 11 is 6.10. The van der Waals surface area contributed by atoms with Crippen LogP contribution in [0.1, 0.15) is 23.5 Å². The maximum atomic E-state index is 13.6. The minimum Gasteiger partial charge on any atom is -0.351 e. The van der Waals surface area contributed by atoms with E-state index in [2.05, 4.69) is 10.6 Å². The summed E-state index contributed by atoms with van der Waals surface area (Å²) in [7, 11) is 0. The largest absolute Gasteiger partial charge is 0.351 e. The van der Waals surface area contributed by atoms with Gasteiger partial charge >= 0.3 is 0 Å². The van der Waals surface area contributed by atoms with E-state index in [0.717, 1.165) is 24.6 Å². The number of hydrogen-bond donors (Lipinski definition) is 2. The Kier molecular flexibility index (Phi) is 7.38. The molecule has 0 spiro atoms. The predicted octanol–water partition coefficient (Wildman–Crippen LogP) is 3.84. The van der Waals surface area contributed by atoms with Crippen molar-refractivity contribution in [3.05, 3.63) is 70.2 Å². The van der Waals surface area contributed by atoms with Crippen LogP contribution in [0.15, 0.2) is 42.5 Å². The third kappa shape index (κ3) is 4.93. The van der Waals surface area contributed by atoms with Gasteiger partial charge in [0.15, 0.2) is 11.6 Å². The van der Waals surface area contributed by atoms with Gasteiger partial charge in [0.2, 0.25) is 5.91 Å². The first-order chi connectivity index (χ1) is 12.0. The standard InChI is InChI=1S/C19H19ClF2N2O.ClH/c20-15-4-2-1-3-13(15)10-19(25)24-18-11-23-8-7-14(18)12-5-6-16(21)17(22)9-12;/h1-6,9,14,18,23H,7-8,10-11H2,(H,24,25);1H. The molecule has 3 nitrogen and oxygen atoms in total. The minimum absolute atomic E-state index is 0. The Labute approximate surface area is 162 Å². The average molecular weight is 401 g/mol. The fraction of sp³-hybridized carbons (Fsp3) is 0.316. The van der Waals surface area contributed by atoms with E-state index in [0.29, 0.717) is 17.1 Å². The van der Waals surface area contributed by atoms with Crippen LogP contribution in [0.3, 0.4) is 0 Å². The van der Waals surface area contributed by atoms with E-state index >= 15 is 0 Å². The van der Waals surface area contributed by atoms with Crippen LogP contribution in [-0.2, 0) is 11.2 Å². The maximum absolute atomic E-state index is 13.6. The number of amides is 1. The summed E-state index contributed by atoms with van der Waals surface area (Å²) in [6.45, 7) is 1.35. The molecule has 1 amide bonds. The number of carbonyl (C=O) groups is 1. The molecule has 1 fully saturated rings. The SMILES string of the molecule is Cl.O=C(Cc1ccccc1Cl)NC1CNCCC1c1ccc(F)c(F)c1. The summed E-state index contributed by atoms with van der Waals surface area (Å²) < 4.78 is 26.7. The second kappa shape index (κ2) is 9.31. The monoisotopic (exact) mass is 400 g/mol. The molecule has 0 bridgehead atoms. The highest BCUT2D eigenvalue weighted by atomic mass is 35.5. The molecule has 140 valence electrons. The van der Waals surface area contributed by atoms with Gasteiger partial charge in [-0.25, -0.2) is 8.78 Å². The molecule has 7 heteroatoms. The van der Waals surface area contributed by atoms with Crippen molar-refractivity contribution < 1.29 is 13.6 Å². The lowest BCUT2D eigenvalue weighted by molar-refractivity contribution is -0.121. The van der Waals surface area contributed by atoms with Crippen LogP contribution in [0.5, 0.6) is 0 Å². The van der Waals surface area contributed by atoms with E-state index in [4.69, 9.17) is 11.6 Å². The van der Waals surface area contributed by atoms with Gasteiger partial charge in [-0.3, -0.25) is 4.79 Å². The fourth-order valence-electron chi connectivity index (χ4n) is 3.22.